The fraction of sp³-hybridized carbons (Fsp3) is 0.231. The van der Waals surface area contributed by atoms with Crippen molar-refractivity contribution in [3.05, 3.63) is 41.0 Å². The van der Waals surface area contributed by atoms with Crippen molar-refractivity contribution in [2.24, 2.45) is 0 Å². The van der Waals surface area contributed by atoms with Crippen LogP contribution < -0.4 is 0 Å². The molecule has 1 atom stereocenters. The summed E-state index contributed by atoms with van der Waals surface area (Å²) >= 11 is 7.46. The molecule has 0 spiro atoms. The lowest BCUT2D eigenvalue weighted by molar-refractivity contribution is 0.375. The van der Waals surface area contributed by atoms with Crippen LogP contribution in [0.5, 0.6) is 0 Å². The van der Waals surface area contributed by atoms with Gasteiger partial charge in [-0.05, 0) is 26.0 Å². The van der Waals surface area contributed by atoms with Crippen molar-refractivity contribution in [3.8, 4) is 11.5 Å². The molecule has 3 aromatic rings. The highest BCUT2D eigenvalue weighted by molar-refractivity contribution is 7.99. The summed E-state index contributed by atoms with van der Waals surface area (Å²) in [7, 11) is 0. The maximum Gasteiger partial charge on any atom is 0.277 e. The summed E-state index contributed by atoms with van der Waals surface area (Å²) in [6, 6.07) is 7.31. The van der Waals surface area contributed by atoms with Gasteiger partial charge in [0.1, 0.15) is 0 Å². The third kappa shape index (κ3) is 3.08. The molecule has 2 heterocycles. The summed E-state index contributed by atoms with van der Waals surface area (Å²) in [5, 5.41) is 12.7. The van der Waals surface area contributed by atoms with E-state index in [1.54, 1.807) is 13.0 Å². The van der Waals surface area contributed by atoms with Crippen LogP contribution in [-0.2, 0) is 0 Å². The van der Waals surface area contributed by atoms with Crippen LogP contribution in [0.4, 0.5) is 0 Å². The molecule has 0 aliphatic carbocycles. The Kier molecular flexibility index (Phi) is 3.94. The van der Waals surface area contributed by atoms with Gasteiger partial charge in [0, 0.05) is 0 Å². The van der Waals surface area contributed by atoms with Gasteiger partial charge in [-0.25, -0.2) is 0 Å². The number of nitrogens with zero attached hydrogens (tertiary/aromatic N) is 4. The summed E-state index contributed by atoms with van der Waals surface area (Å²) in [4.78, 5) is 4.18. The van der Waals surface area contributed by atoms with Crippen molar-refractivity contribution in [1.82, 2.24) is 20.3 Å². The fourth-order valence-corrected chi connectivity index (χ4v) is 2.61. The molecule has 0 bridgehead atoms. The highest BCUT2D eigenvalue weighted by Gasteiger charge is 2.19. The molecule has 0 unspecified atom stereocenters. The van der Waals surface area contributed by atoms with E-state index in [1.807, 2.05) is 25.1 Å². The number of rotatable bonds is 4. The second-order valence-electron chi connectivity index (χ2n) is 4.29. The first-order valence-electron chi connectivity index (χ1n) is 6.19. The molecule has 0 fully saturated rings. The molecule has 1 aromatic carbocycles. The average molecular weight is 323 g/mol. The molecule has 21 heavy (non-hydrogen) atoms. The number of halogens is 1. The largest absolute Gasteiger partial charge is 0.411 e. The van der Waals surface area contributed by atoms with Crippen molar-refractivity contribution in [1.29, 1.82) is 0 Å². The zero-order valence-electron chi connectivity index (χ0n) is 11.3. The van der Waals surface area contributed by atoms with Crippen LogP contribution >= 0.6 is 23.4 Å². The third-order valence-electron chi connectivity index (χ3n) is 2.68. The molecular weight excluding hydrogens is 312 g/mol. The second kappa shape index (κ2) is 5.87. The van der Waals surface area contributed by atoms with Gasteiger partial charge in [0.25, 0.3) is 5.22 Å². The smallest absolute Gasteiger partial charge is 0.277 e. The minimum atomic E-state index is -0.0780. The van der Waals surface area contributed by atoms with Crippen molar-refractivity contribution >= 4 is 23.4 Å². The Morgan fingerprint density at radius 1 is 1.24 bits per heavy atom. The first-order valence-corrected chi connectivity index (χ1v) is 7.44. The third-order valence-corrected chi connectivity index (χ3v) is 3.93. The van der Waals surface area contributed by atoms with Crippen LogP contribution in [0, 0.1) is 6.92 Å². The maximum absolute atomic E-state index is 6.10. The van der Waals surface area contributed by atoms with Gasteiger partial charge in [-0.2, -0.15) is 4.98 Å². The van der Waals surface area contributed by atoms with Gasteiger partial charge >= 0.3 is 0 Å². The lowest BCUT2D eigenvalue weighted by Crippen LogP contribution is -1.88. The molecule has 6 nitrogen and oxygen atoms in total. The van der Waals surface area contributed by atoms with E-state index in [-0.39, 0.29) is 5.25 Å². The van der Waals surface area contributed by atoms with Crippen LogP contribution in [0.3, 0.4) is 0 Å². The quantitative estimate of drug-likeness (QED) is 0.673. The zero-order chi connectivity index (χ0) is 14.8. The van der Waals surface area contributed by atoms with Crippen molar-refractivity contribution in [2.45, 2.75) is 24.3 Å². The number of thioether (sulfide) groups is 1. The second-order valence-corrected chi connectivity index (χ2v) is 5.99. The predicted octanol–water partition coefficient (Wildman–Crippen LogP) is 3.93. The summed E-state index contributed by atoms with van der Waals surface area (Å²) in [5.74, 6) is 1.51. The topological polar surface area (TPSA) is 77.8 Å². The van der Waals surface area contributed by atoms with Crippen molar-refractivity contribution < 1.29 is 8.94 Å². The van der Waals surface area contributed by atoms with Crippen LogP contribution in [0.15, 0.2) is 38.4 Å². The highest BCUT2D eigenvalue weighted by Crippen LogP contribution is 2.35. The molecule has 0 amide bonds. The molecule has 3 rings (SSSR count). The number of hydrogen-bond donors (Lipinski definition) is 0. The SMILES string of the molecule is Cc1noc([C@@H](C)Sc2nnc(-c3ccccc3Cl)o2)n1. The predicted molar refractivity (Wildman–Crippen MR) is 78.1 cm³/mol. The Morgan fingerprint density at radius 3 is 2.76 bits per heavy atom. The number of benzene rings is 1. The van der Waals surface area contributed by atoms with E-state index in [4.69, 9.17) is 20.5 Å². The summed E-state index contributed by atoms with van der Waals surface area (Å²) < 4.78 is 10.7. The van der Waals surface area contributed by atoms with Gasteiger partial charge in [-0.3, -0.25) is 0 Å². The number of aromatic nitrogens is 4. The number of aryl methyl sites for hydroxylation is 1. The molecular formula is C13H11ClN4O2S. The minimum Gasteiger partial charge on any atom is -0.411 e. The number of hydrogen-bond acceptors (Lipinski definition) is 7. The van der Waals surface area contributed by atoms with Crippen LogP contribution in [-0.4, -0.2) is 20.3 Å². The van der Waals surface area contributed by atoms with Gasteiger partial charge in [0.05, 0.1) is 15.8 Å². The summed E-state index contributed by atoms with van der Waals surface area (Å²) in [6.07, 6.45) is 0. The van der Waals surface area contributed by atoms with Gasteiger partial charge in [-0.15, -0.1) is 10.2 Å². The van der Waals surface area contributed by atoms with Crippen LogP contribution in [0.25, 0.3) is 11.5 Å². The van der Waals surface area contributed by atoms with Gasteiger partial charge in [0.15, 0.2) is 5.82 Å². The van der Waals surface area contributed by atoms with E-state index in [0.29, 0.717) is 33.4 Å². The Morgan fingerprint density at radius 2 is 2.05 bits per heavy atom. The molecule has 0 saturated carbocycles. The summed E-state index contributed by atoms with van der Waals surface area (Å²) in [6.45, 7) is 3.70. The first kappa shape index (κ1) is 14.1. The Labute approximate surface area is 129 Å². The zero-order valence-corrected chi connectivity index (χ0v) is 12.9. The molecule has 108 valence electrons. The van der Waals surface area contributed by atoms with Crippen molar-refractivity contribution in [2.75, 3.05) is 0 Å². The maximum atomic E-state index is 6.10. The van der Waals surface area contributed by atoms with Crippen LogP contribution in [0.1, 0.15) is 23.9 Å². The lowest BCUT2D eigenvalue weighted by Gasteiger charge is -2.01. The Hall–Kier alpha value is -1.86. The molecule has 0 radical (unpaired) electrons. The molecule has 0 aliphatic heterocycles. The Balaban J connectivity index is 1.78. The standard InChI is InChI=1S/C13H11ClN4O2S/c1-7(11-15-8(2)18-20-11)21-13-17-16-12(19-13)9-5-3-4-6-10(9)14/h3-7H,1-2H3/t7-/m1/s1. The fourth-order valence-electron chi connectivity index (χ4n) is 1.68. The monoisotopic (exact) mass is 322 g/mol. The van der Waals surface area contributed by atoms with Gasteiger partial charge < -0.3 is 8.94 Å². The van der Waals surface area contributed by atoms with Gasteiger partial charge in [0.2, 0.25) is 11.8 Å². The molecule has 2 aromatic heterocycles. The summed E-state index contributed by atoms with van der Waals surface area (Å²) in [5.41, 5.74) is 0.708. The van der Waals surface area contributed by atoms with Crippen molar-refractivity contribution in [3.63, 3.8) is 0 Å². The molecule has 0 N–H and O–H groups in total. The highest BCUT2D eigenvalue weighted by atomic mass is 35.5. The van der Waals surface area contributed by atoms with E-state index in [0.717, 1.165) is 0 Å². The molecule has 0 saturated heterocycles. The minimum absolute atomic E-state index is 0.0780. The normalized spacial score (nSPS) is 12.5. The average Bonchev–Trinajstić information content (AvgIpc) is 3.08. The molecule has 0 aliphatic rings. The van der Waals surface area contributed by atoms with E-state index < -0.39 is 0 Å². The van der Waals surface area contributed by atoms with E-state index in [1.165, 1.54) is 11.8 Å². The lowest BCUT2D eigenvalue weighted by atomic mass is 10.2. The van der Waals surface area contributed by atoms with E-state index in [2.05, 4.69) is 20.3 Å². The van der Waals surface area contributed by atoms with Gasteiger partial charge in [-0.1, -0.05) is 40.7 Å². The molecule has 8 heteroatoms. The van der Waals surface area contributed by atoms with E-state index >= 15 is 0 Å². The van der Waals surface area contributed by atoms with E-state index in [9.17, 15) is 0 Å². The Bertz CT molecular complexity index is 758. The first-order chi connectivity index (χ1) is 10.1. The van der Waals surface area contributed by atoms with Crippen LogP contribution in [0.2, 0.25) is 5.02 Å².